The highest BCUT2D eigenvalue weighted by Crippen LogP contribution is 2.26. The van der Waals surface area contributed by atoms with E-state index < -0.39 is 0 Å². The lowest BCUT2D eigenvalue weighted by Gasteiger charge is -2.31. The highest BCUT2D eigenvalue weighted by Gasteiger charge is 2.26. The predicted octanol–water partition coefficient (Wildman–Crippen LogP) is 2.05. The third-order valence-corrected chi connectivity index (χ3v) is 5.15. The number of carbonyl (C=O) groups excluding carboxylic acids is 1. The maximum Gasteiger partial charge on any atom is 0.317 e. The van der Waals surface area contributed by atoms with Crippen LogP contribution >= 0.6 is 0 Å². The first-order chi connectivity index (χ1) is 11.7. The van der Waals surface area contributed by atoms with E-state index in [1.165, 1.54) is 12.8 Å². The molecule has 2 fully saturated rings. The van der Waals surface area contributed by atoms with Gasteiger partial charge >= 0.3 is 6.03 Å². The summed E-state index contributed by atoms with van der Waals surface area (Å²) in [5, 5.41) is 11.2. The molecular formula is C17H29N5O2. The zero-order chi connectivity index (χ0) is 16.8. The number of nitrogens with one attached hydrogen (secondary N) is 1. The third-order valence-electron chi connectivity index (χ3n) is 5.15. The van der Waals surface area contributed by atoms with Gasteiger partial charge in [0.25, 0.3) is 0 Å². The molecule has 2 amide bonds. The number of ether oxygens (including phenoxy) is 1. The van der Waals surface area contributed by atoms with Gasteiger partial charge in [-0.3, -0.25) is 0 Å². The van der Waals surface area contributed by atoms with Crippen molar-refractivity contribution in [3.63, 3.8) is 0 Å². The van der Waals surface area contributed by atoms with E-state index in [1.807, 2.05) is 16.5 Å². The van der Waals surface area contributed by atoms with E-state index in [4.69, 9.17) is 4.74 Å². The maximum absolute atomic E-state index is 12.2. The van der Waals surface area contributed by atoms with E-state index in [0.29, 0.717) is 12.0 Å². The lowest BCUT2D eigenvalue weighted by molar-refractivity contribution is 0.102. The van der Waals surface area contributed by atoms with Crippen LogP contribution in [-0.4, -0.2) is 58.0 Å². The molecule has 0 spiro atoms. The van der Waals surface area contributed by atoms with Gasteiger partial charge in [0.15, 0.2) is 0 Å². The van der Waals surface area contributed by atoms with E-state index in [9.17, 15) is 4.79 Å². The van der Waals surface area contributed by atoms with Crippen LogP contribution in [0.15, 0.2) is 6.33 Å². The Hall–Kier alpha value is -1.63. The molecule has 2 saturated heterocycles. The molecule has 1 atom stereocenters. The van der Waals surface area contributed by atoms with Crippen molar-refractivity contribution < 1.29 is 9.53 Å². The van der Waals surface area contributed by atoms with Gasteiger partial charge in [0.2, 0.25) is 0 Å². The van der Waals surface area contributed by atoms with Crippen LogP contribution in [0.25, 0.3) is 0 Å². The molecule has 0 saturated carbocycles. The van der Waals surface area contributed by atoms with Crippen molar-refractivity contribution in [2.75, 3.05) is 26.2 Å². The zero-order valence-corrected chi connectivity index (χ0v) is 14.6. The predicted molar refractivity (Wildman–Crippen MR) is 90.8 cm³/mol. The summed E-state index contributed by atoms with van der Waals surface area (Å²) in [6.07, 6.45) is 9.79. The number of aryl methyl sites for hydroxylation is 1. The normalized spacial score (nSPS) is 22.0. The SMILES string of the molecule is Cn1cnnc1C1CCN(C(=O)NCCCC[C@H]2CCCO2)CC1. The minimum atomic E-state index is 0.0727. The van der Waals surface area contributed by atoms with Crippen molar-refractivity contribution >= 4 is 6.03 Å². The van der Waals surface area contributed by atoms with E-state index in [-0.39, 0.29) is 6.03 Å². The van der Waals surface area contributed by atoms with E-state index >= 15 is 0 Å². The quantitative estimate of drug-likeness (QED) is 0.808. The van der Waals surface area contributed by atoms with Gasteiger partial charge in [0.05, 0.1) is 6.10 Å². The summed E-state index contributed by atoms with van der Waals surface area (Å²) in [5.74, 6) is 1.44. The third kappa shape index (κ3) is 4.47. The fourth-order valence-electron chi connectivity index (χ4n) is 3.68. The summed E-state index contributed by atoms with van der Waals surface area (Å²) in [7, 11) is 1.98. The second-order valence-corrected chi connectivity index (χ2v) is 6.92. The first-order valence-corrected chi connectivity index (χ1v) is 9.22. The number of piperidine rings is 1. The van der Waals surface area contributed by atoms with Crippen LogP contribution in [0.1, 0.15) is 56.7 Å². The number of likely N-dealkylation sites (tertiary alicyclic amines) is 1. The minimum absolute atomic E-state index is 0.0727. The van der Waals surface area contributed by atoms with Gasteiger partial charge < -0.3 is 19.5 Å². The van der Waals surface area contributed by atoms with Crippen LogP contribution in [0.2, 0.25) is 0 Å². The Morgan fingerprint density at radius 2 is 2.17 bits per heavy atom. The van der Waals surface area contributed by atoms with Crippen LogP contribution in [-0.2, 0) is 11.8 Å². The van der Waals surface area contributed by atoms with Crippen molar-refractivity contribution in [1.29, 1.82) is 0 Å². The lowest BCUT2D eigenvalue weighted by atomic mass is 9.96. The van der Waals surface area contributed by atoms with Gasteiger partial charge in [-0.15, -0.1) is 10.2 Å². The van der Waals surface area contributed by atoms with Gasteiger partial charge in [0, 0.05) is 39.2 Å². The zero-order valence-electron chi connectivity index (χ0n) is 14.6. The van der Waals surface area contributed by atoms with Crippen LogP contribution < -0.4 is 5.32 Å². The Bertz CT molecular complexity index is 519. The molecule has 0 radical (unpaired) electrons. The summed E-state index contributed by atoms with van der Waals surface area (Å²) in [5.41, 5.74) is 0. The largest absolute Gasteiger partial charge is 0.378 e. The van der Waals surface area contributed by atoms with Crippen LogP contribution in [0, 0.1) is 0 Å². The molecule has 0 bridgehead atoms. The molecular weight excluding hydrogens is 306 g/mol. The Labute approximate surface area is 143 Å². The number of rotatable bonds is 6. The maximum atomic E-state index is 12.2. The smallest absolute Gasteiger partial charge is 0.317 e. The second-order valence-electron chi connectivity index (χ2n) is 6.92. The standard InChI is InChI=1S/C17H29N5O2/c1-21-13-19-20-16(21)14-7-10-22(11-8-14)17(23)18-9-3-2-5-15-6-4-12-24-15/h13-15H,2-12H2,1H3,(H,18,23)/t15-/m0/s1. The molecule has 0 aliphatic carbocycles. The Morgan fingerprint density at radius 1 is 1.33 bits per heavy atom. The molecule has 0 unspecified atom stereocenters. The van der Waals surface area contributed by atoms with Crippen LogP contribution in [0.4, 0.5) is 4.79 Å². The fraction of sp³-hybridized carbons (Fsp3) is 0.824. The summed E-state index contributed by atoms with van der Waals surface area (Å²) in [6, 6.07) is 0.0727. The first kappa shape index (κ1) is 17.2. The number of hydrogen-bond acceptors (Lipinski definition) is 4. The fourth-order valence-corrected chi connectivity index (χ4v) is 3.68. The summed E-state index contributed by atoms with van der Waals surface area (Å²) < 4.78 is 7.60. The van der Waals surface area contributed by atoms with Crippen molar-refractivity contribution in [2.24, 2.45) is 7.05 Å². The molecule has 1 aromatic rings. The number of unbranched alkanes of at least 4 members (excludes halogenated alkanes) is 1. The first-order valence-electron chi connectivity index (χ1n) is 9.22. The number of amides is 2. The molecule has 1 N–H and O–H groups in total. The molecule has 2 aliphatic heterocycles. The molecule has 24 heavy (non-hydrogen) atoms. The number of urea groups is 1. The van der Waals surface area contributed by atoms with Gasteiger partial charge in [-0.25, -0.2) is 4.79 Å². The Kier molecular flexibility index (Phi) is 6.07. The highest BCUT2D eigenvalue weighted by molar-refractivity contribution is 5.74. The number of aromatic nitrogens is 3. The number of hydrogen-bond donors (Lipinski definition) is 1. The lowest BCUT2D eigenvalue weighted by Crippen LogP contribution is -2.44. The molecule has 2 aliphatic rings. The topological polar surface area (TPSA) is 72.3 Å². The number of nitrogens with zero attached hydrogens (tertiary/aromatic N) is 4. The Balaban J connectivity index is 1.30. The summed E-state index contributed by atoms with van der Waals surface area (Å²) in [4.78, 5) is 14.2. The van der Waals surface area contributed by atoms with Crippen molar-refractivity contribution in [2.45, 2.75) is 57.0 Å². The van der Waals surface area contributed by atoms with E-state index in [2.05, 4.69) is 15.5 Å². The molecule has 0 aromatic carbocycles. The van der Waals surface area contributed by atoms with Crippen molar-refractivity contribution in [3.05, 3.63) is 12.2 Å². The molecule has 3 rings (SSSR count). The summed E-state index contributed by atoms with van der Waals surface area (Å²) >= 11 is 0. The average molecular weight is 335 g/mol. The monoisotopic (exact) mass is 335 g/mol. The minimum Gasteiger partial charge on any atom is -0.378 e. The van der Waals surface area contributed by atoms with Crippen molar-refractivity contribution in [3.8, 4) is 0 Å². The van der Waals surface area contributed by atoms with Crippen LogP contribution in [0.5, 0.6) is 0 Å². The van der Waals surface area contributed by atoms with Crippen molar-refractivity contribution in [1.82, 2.24) is 25.0 Å². The molecule has 7 heteroatoms. The summed E-state index contributed by atoms with van der Waals surface area (Å²) in [6.45, 7) is 3.26. The highest BCUT2D eigenvalue weighted by atomic mass is 16.5. The molecule has 3 heterocycles. The van der Waals surface area contributed by atoms with Gasteiger partial charge in [-0.05, 0) is 44.9 Å². The molecule has 134 valence electrons. The van der Waals surface area contributed by atoms with Crippen LogP contribution in [0.3, 0.4) is 0 Å². The van der Waals surface area contributed by atoms with Gasteiger partial charge in [-0.2, -0.15) is 0 Å². The second kappa shape index (κ2) is 8.46. The van der Waals surface area contributed by atoms with Gasteiger partial charge in [0.1, 0.15) is 12.2 Å². The average Bonchev–Trinajstić information content (AvgIpc) is 3.26. The molecule has 7 nitrogen and oxygen atoms in total. The Morgan fingerprint density at radius 3 is 2.83 bits per heavy atom. The van der Waals surface area contributed by atoms with Gasteiger partial charge in [-0.1, -0.05) is 0 Å². The van der Waals surface area contributed by atoms with E-state index in [1.54, 1.807) is 6.33 Å². The van der Waals surface area contributed by atoms with E-state index in [0.717, 1.165) is 64.2 Å². The number of carbonyl (C=O) groups is 1. The molecule has 1 aromatic heterocycles.